The van der Waals surface area contributed by atoms with Crippen molar-refractivity contribution in [3.05, 3.63) is 0 Å². The monoisotopic (exact) mass is 136 g/mol. The van der Waals surface area contributed by atoms with Crippen LogP contribution in [-0.2, 0) is 0 Å². The molecule has 0 aliphatic carbocycles. The third-order valence-electron chi connectivity index (χ3n) is 1.21. The molecule has 0 aromatic rings. The Bertz CT molecular complexity index is 204. The summed E-state index contributed by atoms with van der Waals surface area (Å²) in [5, 5.41) is 9.31. The van der Waals surface area contributed by atoms with Crippen molar-refractivity contribution in [2.45, 2.75) is 32.8 Å². The second kappa shape index (κ2) is 3.99. The van der Waals surface area contributed by atoms with Crippen LogP contribution < -0.4 is 0 Å². The minimum atomic E-state index is -0.871. The quantitative estimate of drug-likeness (QED) is 0.536. The zero-order valence-electron chi connectivity index (χ0n) is 6.65. The van der Waals surface area contributed by atoms with Crippen molar-refractivity contribution < 1.29 is 5.11 Å². The zero-order chi connectivity index (χ0) is 8.04. The second-order valence-electron chi connectivity index (χ2n) is 2.25. The summed E-state index contributed by atoms with van der Waals surface area (Å²) in [7, 11) is 0. The smallest absolute Gasteiger partial charge is 0.123 e. The van der Waals surface area contributed by atoms with Gasteiger partial charge in [-0.1, -0.05) is 18.8 Å². The summed E-state index contributed by atoms with van der Waals surface area (Å²) in [5.74, 6) is 10.4. The molecule has 0 amide bonds. The Balaban J connectivity index is 4.10. The van der Waals surface area contributed by atoms with E-state index < -0.39 is 5.60 Å². The summed E-state index contributed by atoms with van der Waals surface area (Å²) < 4.78 is 0. The molecule has 0 fully saturated rings. The van der Waals surface area contributed by atoms with Crippen molar-refractivity contribution in [1.29, 1.82) is 0 Å². The molecule has 0 radical (unpaired) electrons. The largest absolute Gasteiger partial charge is 0.378 e. The third-order valence-corrected chi connectivity index (χ3v) is 1.21. The summed E-state index contributed by atoms with van der Waals surface area (Å²) in [6.45, 7) is 5.28. The molecule has 1 heteroatoms. The molecule has 1 N–H and O–H groups in total. The number of hydrogen-bond donors (Lipinski definition) is 1. The summed E-state index contributed by atoms with van der Waals surface area (Å²) in [6.07, 6.45) is 0.630. The molecule has 54 valence electrons. The van der Waals surface area contributed by atoms with E-state index in [4.69, 9.17) is 0 Å². The van der Waals surface area contributed by atoms with Crippen molar-refractivity contribution in [3.8, 4) is 23.7 Å². The van der Waals surface area contributed by atoms with E-state index in [-0.39, 0.29) is 0 Å². The van der Waals surface area contributed by atoms with Gasteiger partial charge >= 0.3 is 0 Å². The van der Waals surface area contributed by atoms with E-state index in [0.717, 1.165) is 0 Å². The lowest BCUT2D eigenvalue weighted by Gasteiger charge is -2.10. The van der Waals surface area contributed by atoms with Crippen molar-refractivity contribution in [2.24, 2.45) is 0 Å². The molecule has 0 heterocycles. The van der Waals surface area contributed by atoms with Crippen LogP contribution in [0.15, 0.2) is 0 Å². The maximum atomic E-state index is 9.31. The third kappa shape index (κ3) is 4.01. The Morgan fingerprint density at radius 2 is 2.00 bits per heavy atom. The Morgan fingerprint density at radius 3 is 2.40 bits per heavy atom. The minimum Gasteiger partial charge on any atom is -0.378 e. The molecule has 10 heavy (non-hydrogen) atoms. The van der Waals surface area contributed by atoms with Gasteiger partial charge in [0, 0.05) is 0 Å². The van der Waals surface area contributed by atoms with Gasteiger partial charge in [-0.3, -0.25) is 0 Å². The molecule has 0 rings (SSSR count). The first-order chi connectivity index (χ1) is 4.62. The first-order valence-corrected chi connectivity index (χ1v) is 3.28. The molecular formula is C9H12O. The maximum absolute atomic E-state index is 9.31. The van der Waals surface area contributed by atoms with Gasteiger partial charge in [0.15, 0.2) is 0 Å². The highest BCUT2D eigenvalue weighted by molar-refractivity contribution is 5.28. The van der Waals surface area contributed by atoms with E-state index in [1.54, 1.807) is 13.8 Å². The predicted molar refractivity (Wildman–Crippen MR) is 42.1 cm³/mol. The first kappa shape index (κ1) is 9.08. The fourth-order valence-corrected chi connectivity index (χ4v) is 0.317. The molecule has 0 aromatic carbocycles. The van der Waals surface area contributed by atoms with Gasteiger partial charge in [-0.15, -0.1) is 0 Å². The Labute approximate surface area is 62.5 Å². The van der Waals surface area contributed by atoms with Crippen molar-refractivity contribution in [1.82, 2.24) is 0 Å². The molecule has 0 spiro atoms. The van der Waals surface area contributed by atoms with Gasteiger partial charge in [0.1, 0.15) is 5.60 Å². The van der Waals surface area contributed by atoms with E-state index in [0.29, 0.717) is 6.42 Å². The average Bonchev–Trinajstić information content (AvgIpc) is 1.89. The fourth-order valence-electron chi connectivity index (χ4n) is 0.317. The van der Waals surface area contributed by atoms with Gasteiger partial charge in [0.2, 0.25) is 0 Å². The predicted octanol–water partition coefficient (Wildman–Crippen LogP) is 1.17. The average molecular weight is 136 g/mol. The minimum absolute atomic E-state index is 0.630. The Hall–Kier alpha value is -0.920. The summed E-state index contributed by atoms with van der Waals surface area (Å²) >= 11 is 0. The van der Waals surface area contributed by atoms with Gasteiger partial charge in [0.25, 0.3) is 0 Å². The van der Waals surface area contributed by atoms with Crippen LogP contribution in [0.1, 0.15) is 27.2 Å². The van der Waals surface area contributed by atoms with Crippen molar-refractivity contribution >= 4 is 0 Å². The highest BCUT2D eigenvalue weighted by Crippen LogP contribution is 2.04. The fraction of sp³-hybridized carbons (Fsp3) is 0.556. The van der Waals surface area contributed by atoms with Crippen LogP contribution in [0.2, 0.25) is 0 Å². The zero-order valence-corrected chi connectivity index (χ0v) is 6.65. The van der Waals surface area contributed by atoms with Crippen LogP contribution >= 0.6 is 0 Å². The van der Waals surface area contributed by atoms with Crippen LogP contribution in [-0.4, -0.2) is 10.7 Å². The molecule has 0 unspecified atom stereocenters. The van der Waals surface area contributed by atoms with Crippen molar-refractivity contribution in [2.75, 3.05) is 0 Å². The molecule has 1 atom stereocenters. The summed E-state index contributed by atoms with van der Waals surface area (Å²) in [4.78, 5) is 0. The lowest BCUT2D eigenvalue weighted by atomic mass is 10.1. The lowest BCUT2D eigenvalue weighted by Crippen LogP contribution is -2.19. The van der Waals surface area contributed by atoms with Gasteiger partial charge in [-0.2, -0.15) is 0 Å². The number of hydrogen-bond acceptors (Lipinski definition) is 1. The van der Waals surface area contributed by atoms with Crippen LogP contribution in [0.4, 0.5) is 0 Å². The summed E-state index contributed by atoms with van der Waals surface area (Å²) in [5.41, 5.74) is -0.871. The van der Waals surface area contributed by atoms with E-state index in [9.17, 15) is 5.11 Å². The first-order valence-electron chi connectivity index (χ1n) is 3.28. The molecule has 0 saturated carbocycles. The van der Waals surface area contributed by atoms with E-state index in [1.165, 1.54) is 0 Å². The molecule has 0 saturated heterocycles. The highest BCUT2D eigenvalue weighted by atomic mass is 16.3. The lowest BCUT2D eigenvalue weighted by molar-refractivity contribution is 0.118. The maximum Gasteiger partial charge on any atom is 0.123 e. The number of rotatable bonds is 1. The molecule has 0 bridgehead atoms. The van der Waals surface area contributed by atoms with Crippen molar-refractivity contribution in [3.63, 3.8) is 0 Å². The topological polar surface area (TPSA) is 20.2 Å². The van der Waals surface area contributed by atoms with Crippen LogP contribution in [0.25, 0.3) is 0 Å². The van der Waals surface area contributed by atoms with E-state index in [1.807, 2.05) is 6.92 Å². The van der Waals surface area contributed by atoms with Crippen LogP contribution in [0, 0.1) is 23.7 Å². The molecule has 0 aromatic heterocycles. The molecule has 0 aliphatic heterocycles. The standard InChI is InChI=1S/C9H12O/c1-4-6-7-8-9(3,10)5-2/h10H,5H2,1-3H3/t9-/m0/s1. The number of aliphatic hydroxyl groups is 1. The van der Waals surface area contributed by atoms with Gasteiger partial charge < -0.3 is 5.11 Å². The summed E-state index contributed by atoms with van der Waals surface area (Å²) in [6, 6.07) is 0. The molecule has 0 aliphatic rings. The molecule has 1 nitrogen and oxygen atoms in total. The second-order valence-corrected chi connectivity index (χ2v) is 2.25. The molecular weight excluding hydrogens is 124 g/mol. The normalized spacial score (nSPS) is 13.6. The van der Waals surface area contributed by atoms with Gasteiger partial charge in [0.05, 0.1) is 0 Å². The van der Waals surface area contributed by atoms with Gasteiger partial charge in [-0.25, -0.2) is 0 Å². The van der Waals surface area contributed by atoms with E-state index in [2.05, 4.69) is 23.7 Å². The Kier molecular flexibility index (Phi) is 3.62. The SMILES string of the molecule is CC#CC#C[C@@](C)(O)CC. The van der Waals surface area contributed by atoms with Crippen LogP contribution in [0.5, 0.6) is 0 Å². The van der Waals surface area contributed by atoms with Gasteiger partial charge in [-0.05, 0) is 32.1 Å². The Morgan fingerprint density at radius 1 is 1.40 bits per heavy atom. The van der Waals surface area contributed by atoms with Crippen LogP contribution in [0.3, 0.4) is 0 Å². The highest BCUT2D eigenvalue weighted by Gasteiger charge is 2.11. The van der Waals surface area contributed by atoms with E-state index >= 15 is 0 Å².